The van der Waals surface area contributed by atoms with Crippen LogP contribution in [0.5, 0.6) is 0 Å². The minimum Gasteiger partial charge on any atom is -0.381 e. The van der Waals surface area contributed by atoms with Gasteiger partial charge in [-0.15, -0.1) is 11.8 Å². The lowest BCUT2D eigenvalue weighted by Gasteiger charge is -2.29. The predicted octanol–water partition coefficient (Wildman–Crippen LogP) is 3.74. The Bertz CT molecular complexity index is 702. The van der Waals surface area contributed by atoms with Gasteiger partial charge in [0.2, 0.25) is 0 Å². The molecule has 1 atom stereocenters. The molecule has 0 bridgehead atoms. The summed E-state index contributed by atoms with van der Waals surface area (Å²) >= 11 is 1.56. The fourth-order valence-electron chi connectivity index (χ4n) is 2.82. The molecule has 1 N–H and O–H groups in total. The third-order valence-electron chi connectivity index (χ3n) is 3.84. The molecule has 0 saturated heterocycles. The van der Waals surface area contributed by atoms with Crippen LogP contribution >= 0.6 is 11.8 Å². The van der Waals surface area contributed by atoms with Gasteiger partial charge in [0.15, 0.2) is 5.78 Å². The molecule has 1 aliphatic heterocycles. The molecule has 1 aromatic carbocycles. The van der Waals surface area contributed by atoms with Crippen molar-refractivity contribution >= 4 is 17.5 Å². The Hall–Kier alpha value is -2.03. The van der Waals surface area contributed by atoms with Gasteiger partial charge in [-0.3, -0.25) is 4.79 Å². The molecule has 0 fully saturated rings. The summed E-state index contributed by atoms with van der Waals surface area (Å²) in [7, 11) is 0. The number of allylic oxidation sites excluding steroid dienone is 3. The highest BCUT2D eigenvalue weighted by Crippen LogP contribution is 2.40. The molecule has 1 unspecified atom stereocenters. The first-order valence-corrected chi connectivity index (χ1v) is 8.97. The molecule has 0 saturated carbocycles. The fraction of sp³-hybridized carbons (Fsp3) is 0.368. The number of hydrogen-bond acceptors (Lipinski definition) is 5. The van der Waals surface area contributed by atoms with E-state index in [1.807, 2.05) is 44.2 Å². The van der Waals surface area contributed by atoms with Gasteiger partial charge in [0.1, 0.15) is 0 Å². The van der Waals surface area contributed by atoms with Gasteiger partial charge in [-0.1, -0.05) is 30.3 Å². The number of thioether (sulfide) groups is 1. The van der Waals surface area contributed by atoms with Gasteiger partial charge in [0, 0.05) is 23.6 Å². The van der Waals surface area contributed by atoms with Gasteiger partial charge < -0.3 is 10.1 Å². The third-order valence-corrected chi connectivity index (χ3v) is 4.82. The summed E-state index contributed by atoms with van der Waals surface area (Å²) in [4.78, 5) is 12.2. The second-order valence-electron chi connectivity index (χ2n) is 5.46. The number of nitriles is 1. The average Bonchev–Trinajstić information content (AvgIpc) is 2.58. The number of nitrogens with one attached hydrogen (secondary N) is 1. The highest BCUT2D eigenvalue weighted by Gasteiger charge is 2.32. The SMILES string of the molecule is CCOCCSC1=C(C#N)C(c2ccccc2)C(C(C)=O)=C(C)N1. The Balaban J connectivity index is 2.41. The van der Waals surface area contributed by atoms with Gasteiger partial charge in [0.25, 0.3) is 0 Å². The summed E-state index contributed by atoms with van der Waals surface area (Å²) in [5.74, 6) is 0.426. The highest BCUT2D eigenvalue weighted by atomic mass is 32.2. The van der Waals surface area contributed by atoms with E-state index < -0.39 is 0 Å². The third kappa shape index (κ3) is 4.08. The number of hydrogen-bond donors (Lipinski definition) is 1. The van der Waals surface area contributed by atoms with Gasteiger partial charge in [-0.25, -0.2) is 0 Å². The minimum absolute atomic E-state index is 0.0139. The normalized spacial score (nSPS) is 17.5. The van der Waals surface area contributed by atoms with E-state index in [0.717, 1.165) is 22.0 Å². The van der Waals surface area contributed by atoms with Crippen LogP contribution in [-0.4, -0.2) is 24.7 Å². The summed E-state index contributed by atoms with van der Waals surface area (Å²) in [6.07, 6.45) is 0. The lowest BCUT2D eigenvalue weighted by Crippen LogP contribution is -2.27. The van der Waals surface area contributed by atoms with Crippen molar-refractivity contribution < 1.29 is 9.53 Å². The molecule has 24 heavy (non-hydrogen) atoms. The van der Waals surface area contributed by atoms with Crippen LogP contribution in [0.4, 0.5) is 0 Å². The second-order valence-corrected chi connectivity index (χ2v) is 6.57. The van der Waals surface area contributed by atoms with E-state index in [4.69, 9.17) is 4.74 Å². The van der Waals surface area contributed by atoms with Crippen molar-refractivity contribution in [3.8, 4) is 6.07 Å². The Morgan fingerprint density at radius 3 is 2.67 bits per heavy atom. The summed E-state index contributed by atoms with van der Waals surface area (Å²) in [5.41, 5.74) is 3.03. The van der Waals surface area contributed by atoms with Crippen LogP contribution in [0.15, 0.2) is 52.2 Å². The lowest BCUT2D eigenvalue weighted by atomic mass is 9.81. The van der Waals surface area contributed by atoms with Gasteiger partial charge >= 0.3 is 0 Å². The number of ether oxygens (including phenoxy) is 1. The zero-order valence-corrected chi connectivity index (χ0v) is 15.1. The van der Waals surface area contributed by atoms with Crippen molar-refractivity contribution in [1.82, 2.24) is 5.32 Å². The fourth-order valence-corrected chi connectivity index (χ4v) is 3.77. The zero-order valence-electron chi connectivity index (χ0n) is 14.3. The van der Waals surface area contributed by atoms with Gasteiger partial charge in [-0.05, 0) is 26.3 Å². The molecule has 0 spiro atoms. The molecule has 0 aliphatic carbocycles. The number of benzene rings is 1. The van der Waals surface area contributed by atoms with Crippen LogP contribution in [0.2, 0.25) is 0 Å². The largest absolute Gasteiger partial charge is 0.381 e. The number of carbonyl (C=O) groups is 1. The maximum Gasteiger partial charge on any atom is 0.158 e. The molecule has 0 aromatic heterocycles. The lowest BCUT2D eigenvalue weighted by molar-refractivity contribution is -0.113. The van der Waals surface area contributed by atoms with Crippen molar-refractivity contribution in [2.45, 2.75) is 26.7 Å². The Kier molecular flexibility index (Phi) is 6.65. The topological polar surface area (TPSA) is 62.1 Å². The Morgan fingerprint density at radius 1 is 1.38 bits per heavy atom. The molecule has 4 nitrogen and oxygen atoms in total. The number of ketones is 1. The maximum absolute atomic E-state index is 12.2. The van der Waals surface area contributed by atoms with Crippen molar-refractivity contribution in [3.63, 3.8) is 0 Å². The van der Waals surface area contributed by atoms with Crippen LogP contribution in [0.3, 0.4) is 0 Å². The maximum atomic E-state index is 12.2. The van der Waals surface area contributed by atoms with E-state index in [-0.39, 0.29) is 11.7 Å². The predicted molar refractivity (Wildman–Crippen MR) is 97.3 cm³/mol. The first-order valence-electron chi connectivity index (χ1n) is 7.98. The Labute approximate surface area is 147 Å². The summed E-state index contributed by atoms with van der Waals surface area (Å²) < 4.78 is 5.37. The van der Waals surface area contributed by atoms with Crippen LogP contribution in [-0.2, 0) is 9.53 Å². The monoisotopic (exact) mass is 342 g/mol. The molecule has 1 heterocycles. The van der Waals surface area contributed by atoms with Crippen LogP contribution in [0, 0.1) is 11.3 Å². The number of carbonyl (C=O) groups excluding carboxylic acids is 1. The van der Waals surface area contributed by atoms with E-state index in [2.05, 4.69) is 11.4 Å². The molecule has 2 rings (SSSR count). The summed E-state index contributed by atoms with van der Waals surface area (Å²) in [6, 6.07) is 12.0. The van der Waals surface area contributed by atoms with Crippen molar-refractivity contribution in [2.75, 3.05) is 19.0 Å². The first kappa shape index (κ1) is 18.3. The molecular formula is C19H22N2O2S. The van der Waals surface area contributed by atoms with Crippen LogP contribution < -0.4 is 5.32 Å². The summed E-state index contributed by atoms with van der Waals surface area (Å²) in [6.45, 7) is 6.71. The average molecular weight is 342 g/mol. The van der Waals surface area contributed by atoms with E-state index in [9.17, 15) is 10.1 Å². The molecule has 1 aromatic rings. The van der Waals surface area contributed by atoms with E-state index in [0.29, 0.717) is 24.4 Å². The van der Waals surface area contributed by atoms with E-state index in [1.54, 1.807) is 18.7 Å². The molecule has 0 radical (unpaired) electrons. The molecule has 0 amide bonds. The minimum atomic E-state index is -0.315. The van der Waals surface area contributed by atoms with E-state index >= 15 is 0 Å². The van der Waals surface area contributed by atoms with E-state index in [1.165, 1.54) is 0 Å². The summed E-state index contributed by atoms with van der Waals surface area (Å²) in [5, 5.41) is 13.8. The zero-order chi connectivity index (χ0) is 17.5. The van der Waals surface area contributed by atoms with Gasteiger partial charge in [0.05, 0.1) is 29.2 Å². The standard InChI is InChI=1S/C19H22N2O2S/c1-4-23-10-11-24-19-16(12-20)18(15-8-6-5-7-9-15)17(14(3)22)13(2)21-19/h5-9,18,21H,4,10-11H2,1-3H3. The number of nitrogens with zero attached hydrogens (tertiary/aromatic N) is 1. The highest BCUT2D eigenvalue weighted by molar-refractivity contribution is 8.03. The van der Waals surface area contributed by atoms with Crippen molar-refractivity contribution in [1.29, 1.82) is 5.26 Å². The molecular weight excluding hydrogens is 320 g/mol. The first-order chi connectivity index (χ1) is 11.6. The number of rotatable bonds is 7. The second kappa shape index (κ2) is 8.72. The van der Waals surface area contributed by atoms with Crippen molar-refractivity contribution in [2.24, 2.45) is 0 Å². The van der Waals surface area contributed by atoms with Crippen LogP contribution in [0.25, 0.3) is 0 Å². The number of dihydropyridines is 1. The smallest absolute Gasteiger partial charge is 0.158 e. The van der Waals surface area contributed by atoms with Crippen LogP contribution in [0.1, 0.15) is 32.3 Å². The van der Waals surface area contributed by atoms with Gasteiger partial charge in [-0.2, -0.15) is 5.26 Å². The van der Waals surface area contributed by atoms with Crippen molar-refractivity contribution in [3.05, 3.63) is 57.8 Å². The Morgan fingerprint density at radius 2 is 2.08 bits per heavy atom. The molecule has 126 valence electrons. The molecule has 1 aliphatic rings. The quantitative estimate of drug-likeness (QED) is 0.765. The number of Topliss-reactive ketones (excluding diaryl/α,β-unsaturated/α-hetero) is 1. The molecule has 5 heteroatoms.